The number of ether oxygens (including phenoxy) is 2. The quantitative estimate of drug-likeness (QED) is 0.785. The van der Waals surface area contributed by atoms with Gasteiger partial charge in [0, 0.05) is 5.56 Å². The molecule has 0 saturated heterocycles. The van der Waals surface area contributed by atoms with Crippen molar-refractivity contribution in [2.24, 2.45) is 5.73 Å². The average molecular weight is 219 g/mol. The Bertz CT molecular complexity index is 378. The highest BCUT2D eigenvalue weighted by molar-refractivity contribution is 5.49. The summed E-state index contributed by atoms with van der Waals surface area (Å²) < 4.78 is 47.0. The molecule has 2 rings (SSSR count). The van der Waals surface area contributed by atoms with Gasteiger partial charge in [0.15, 0.2) is 11.5 Å². The van der Waals surface area contributed by atoms with Crippen LogP contribution in [-0.2, 0) is 0 Å². The Labute approximate surface area is 83.6 Å². The van der Waals surface area contributed by atoms with Gasteiger partial charge in [-0.2, -0.15) is 13.2 Å². The fraction of sp³-hybridized carbons (Fsp3) is 0.333. The molecule has 1 aliphatic rings. The summed E-state index contributed by atoms with van der Waals surface area (Å²) in [5, 5.41) is 0. The SMILES string of the molecule is N[C@@H](c1cccc2c1OCO2)C(F)(F)F. The van der Waals surface area contributed by atoms with Crippen molar-refractivity contribution in [1.29, 1.82) is 0 Å². The van der Waals surface area contributed by atoms with E-state index >= 15 is 0 Å². The van der Waals surface area contributed by atoms with Crippen LogP contribution in [0.3, 0.4) is 0 Å². The van der Waals surface area contributed by atoms with E-state index in [4.69, 9.17) is 15.2 Å². The lowest BCUT2D eigenvalue weighted by Gasteiger charge is -2.17. The second-order valence-corrected chi connectivity index (χ2v) is 3.10. The van der Waals surface area contributed by atoms with Crippen molar-refractivity contribution in [3.05, 3.63) is 23.8 Å². The molecule has 1 aromatic carbocycles. The van der Waals surface area contributed by atoms with Gasteiger partial charge < -0.3 is 15.2 Å². The number of alkyl halides is 3. The fourth-order valence-electron chi connectivity index (χ4n) is 1.37. The number of para-hydroxylation sites is 1. The zero-order chi connectivity index (χ0) is 11.1. The van der Waals surface area contributed by atoms with Gasteiger partial charge in [-0.3, -0.25) is 0 Å². The maximum atomic E-state index is 12.4. The number of nitrogens with two attached hydrogens (primary N) is 1. The zero-order valence-corrected chi connectivity index (χ0v) is 7.54. The number of benzene rings is 1. The lowest BCUT2D eigenvalue weighted by atomic mass is 10.1. The molecule has 0 fully saturated rings. The van der Waals surface area contributed by atoms with Gasteiger partial charge in [-0.15, -0.1) is 0 Å². The largest absolute Gasteiger partial charge is 0.454 e. The molecule has 3 nitrogen and oxygen atoms in total. The van der Waals surface area contributed by atoms with Gasteiger partial charge >= 0.3 is 6.18 Å². The van der Waals surface area contributed by atoms with Gasteiger partial charge in [0.1, 0.15) is 6.04 Å². The first kappa shape index (κ1) is 10.1. The van der Waals surface area contributed by atoms with Gasteiger partial charge in [-0.05, 0) is 6.07 Å². The van der Waals surface area contributed by atoms with Gasteiger partial charge in [-0.25, -0.2) is 0 Å². The fourth-order valence-corrected chi connectivity index (χ4v) is 1.37. The molecule has 15 heavy (non-hydrogen) atoms. The van der Waals surface area contributed by atoms with Gasteiger partial charge in [0.2, 0.25) is 6.79 Å². The van der Waals surface area contributed by atoms with Crippen LogP contribution < -0.4 is 15.2 Å². The Hall–Kier alpha value is -1.43. The maximum Gasteiger partial charge on any atom is 0.407 e. The number of rotatable bonds is 1. The molecule has 1 aliphatic heterocycles. The Morgan fingerprint density at radius 2 is 2.00 bits per heavy atom. The molecule has 2 N–H and O–H groups in total. The minimum Gasteiger partial charge on any atom is -0.454 e. The molecule has 0 aromatic heterocycles. The minimum atomic E-state index is -4.49. The van der Waals surface area contributed by atoms with E-state index in [0.717, 1.165) is 0 Å². The molecule has 0 unspecified atom stereocenters. The summed E-state index contributed by atoms with van der Waals surface area (Å²) in [7, 11) is 0. The van der Waals surface area contributed by atoms with Crippen LogP contribution in [0.2, 0.25) is 0 Å². The molecular formula is C9H8F3NO2. The number of halogens is 3. The molecule has 1 atom stereocenters. The van der Waals surface area contributed by atoms with Crippen molar-refractivity contribution in [1.82, 2.24) is 0 Å². The molecule has 0 bridgehead atoms. The van der Waals surface area contributed by atoms with Crippen LogP contribution in [0.4, 0.5) is 13.2 Å². The average Bonchev–Trinajstić information content (AvgIpc) is 2.62. The van der Waals surface area contributed by atoms with Crippen molar-refractivity contribution in [3.63, 3.8) is 0 Å². The van der Waals surface area contributed by atoms with Crippen molar-refractivity contribution in [2.75, 3.05) is 6.79 Å². The molecule has 0 amide bonds. The van der Waals surface area contributed by atoms with Gasteiger partial charge in [-0.1, -0.05) is 12.1 Å². The van der Waals surface area contributed by atoms with Gasteiger partial charge in [0.05, 0.1) is 0 Å². The second-order valence-electron chi connectivity index (χ2n) is 3.10. The van der Waals surface area contributed by atoms with Crippen molar-refractivity contribution in [3.8, 4) is 11.5 Å². The number of hydrogen-bond donors (Lipinski definition) is 1. The third-order valence-corrected chi connectivity index (χ3v) is 2.11. The van der Waals surface area contributed by atoms with Crippen molar-refractivity contribution in [2.45, 2.75) is 12.2 Å². The minimum absolute atomic E-state index is 0.0725. The smallest absolute Gasteiger partial charge is 0.407 e. The number of hydrogen-bond acceptors (Lipinski definition) is 3. The Balaban J connectivity index is 2.41. The predicted molar refractivity (Wildman–Crippen MR) is 45.5 cm³/mol. The van der Waals surface area contributed by atoms with E-state index in [9.17, 15) is 13.2 Å². The van der Waals surface area contributed by atoms with Crippen LogP contribution in [0.25, 0.3) is 0 Å². The van der Waals surface area contributed by atoms with E-state index < -0.39 is 12.2 Å². The third-order valence-electron chi connectivity index (χ3n) is 2.11. The molecule has 1 heterocycles. The lowest BCUT2D eigenvalue weighted by molar-refractivity contribution is -0.149. The summed E-state index contributed by atoms with van der Waals surface area (Å²) in [5.74, 6) is 0.384. The van der Waals surface area contributed by atoms with E-state index in [1.807, 2.05) is 0 Å². The Kier molecular flexibility index (Phi) is 2.22. The monoisotopic (exact) mass is 219 g/mol. The van der Waals surface area contributed by atoms with E-state index in [0.29, 0.717) is 5.75 Å². The third kappa shape index (κ3) is 1.72. The standard InChI is InChI=1S/C9H8F3NO2/c10-9(11,12)8(13)5-2-1-3-6-7(5)15-4-14-6/h1-3,8H,4,13H2/t8-/m0/s1. The molecule has 82 valence electrons. The Morgan fingerprint density at radius 1 is 1.27 bits per heavy atom. The molecule has 0 aliphatic carbocycles. The van der Waals surface area contributed by atoms with Crippen LogP contribution in [0.5, 0.6) is 11.5 Å². The van der Waals surface area contributed by atoms with Crippen molar-refractivity contribution < 1.29 is 22.6 Å². The van der Waals surface area contributed by atoms with Crippen LogP contribution in [-0.4, -0.2) is 13.0 Å². The van der Waals surface area contributed by atoms with E-state index in [1.54, 1.807) is 0 Å². The first-order valence-electron chi connectivity index (χ1n) is 4.21. The summed E-state index contributed by atoms with van der Waals surface area (Å²) in [6.45, 7) is -0.0725. The van der Waals surface area contributed by atoms with Crippen LogP contribution in [0, 0.1) is 0 Å². The Morgan fingerprint density at radius 3 is 2.67 bits per heavy atom. The summed E-state index contributed by atoms with van der Waals surface area (Å²) >= 11 is 0. The van der Waals surface area contributed by atoms with Gasteiger partial charge in [0.25, 0.3) is 0 Å². The molecule has 0 saturated carbocycles. The second kappa shape index (κ2) is 3.30. The molecular weight excluding hydrogens is 211 g/mol. The van der Waals surface area contributed by atoms with E-state index in [1.165, 1.54) is 18.2 Å². The molecule has 1 aromatic rings. The summed E-state index contributed by atoms with van der Waals surface area (Å²) in [6.07, 6.45) is -4.49. The lowest BCUT2D eigenvalue weighted by Crippen LogP contribution is -2.28. The summed E-state index contributed by atoms with van der Waals surface area (Å²) in [6, 6.07) is 2.23. The van der Waals surface area contributed by atoms with Crippen LogP contribution in [0.1, 0.15) is 11.6 Å². The number of fused-ring (bicyclic) bond motifs is 1. The molecule has 0 spiro atoms. The normalized spacial score (nSPS) is 16.5. The molecule has 0 radical (unpaired) electrons. The van der Waals surface area contributed by atoms with E-state index in [2.05, 4.69) is 0 Å². The van der Waals surface area contributed by atoms with Crippen LogP contribution >= 0.6 is 0 Å². The highest BCUT2D eigenvalue weighted by atomic mass is 19.4. The molecule has 6 heteroatoms. The van der Waals surface area contributed by atoms with E-state index in [-0.39, 0.29) is 18.1 Å². The zero-order valence-electron chi connectivity index (χ0n) is 7.54. The topological polar surface area (TPSA) is 44.5 Å². The van der Waals surface area contributed by atoms with Crippen molar-refractivity contribution >= 4 is 0 Å². The highest BCUT2D eigenvalue weighted by Gasteiger charge is 2.40. The first-order chi connectivity index (χ1) is 7.00. The maximum absolute atomic E-state index is 12.4. The summed E-state index contributed by atoms with van der Waals surface area (Å²) in [4.78, 5) is 0. The van der Waals surface area contributed by atoms with Crippen LogP contribution in [0.15, 0.2) is 18.2 Å². The first-order valence-corrected chi connectivity index (χ1v) is 4.21. The highest BCUT2D eigenvalue weighted by Crippen LogP contribution is 2.42. The predicted octanol–water partition coefficient (Wildman–Crippen LogP) is 1.98. The summed E-state index contributed by atoms with van der Waals surface area (Å²) in [5.41, 5.74) is 4.99.